The predicted octanol–water partition coefficient (Wildman–Crippen LogP) is 4.14. The topological polar surface area (TPSA) is 56.2 Å². The minimum absolute atomic E-state index is 0.228. The minimum Gasteiger partial charge on any atom is -0.485 e. The molecule has 2 aromatic carbocycles. The van der Waals surface area contributed by atoms with Crippen LogP contribution in [0.1, 0.15) is 41.5 Å². The van der Waals surface area contributed by atoms with Gasteiger partial charge in [-0.1, -0.05) is 38.1 Å². The molecule has 4 rings (SSSR count). The maximum atomic E-state index is 12.6. The van der Waals surface area contributed by atoms with E-state index in [0.29, 0.717) is 18.2 Å². The van der Waals surface area contributed by atoms with Crippen LogP contribution in [0.5, 0.6) is 5.75 Å². The summed E-state index contributed by atoms with van der Waals surface area (Å²) in [6, 6.07) is 15.6. The molecule has 25 heavy (non-hydrogen) atoms. The molecule has 3 aromatic rings. The zero-order valence-corrected chi connectivity index (χ0v) is 14.2. The van der Waals surface area contributed by atoms with Crippen molar-refractivity contribution >= 4 is 11.6 Å². The van der Waals surface area contributed by atoms with E-state index in [2.05, 4.69) is 24.1 Å². The summed E-state index contributed by atoms with van der Waals surface area (Å²) in [6.45, 7) is 4.61. The number of carbonyl (C=O) groups excluding carboxylic acids is 1. The molecule has 0 unspecified atom stereocenters. The summed E-state index contributed by atoms with van der Waals surface area (Å²) in [5.74, 6) is 1.03. The number of fused-ring (bicyclic) bond motifs is 3. The molecule has 126 valence electrons. The van der Waals surface area contributed by atoms with Crippen LogP contribution in [-0.4, -0.2) is 15.5 Å². The van der Waals surface area contributed by atoms with Crippen molar-refractivity contribution in [1.29, 1.82) is 0 Å². The molecule has 1 aliphatic heterocycles. The summed E-state index contributed by atoms with van der Waals surface area (Å²) in [4.78, 5) is 16.9. The van der Waals surface area contributed by atoms with E-state index in [-0.39, 0.29) is 5.91 Å². The fraction of sp³-hybridized carbons (Fsp3) is 0.200. The number of aromatic nitrogens is 2. The Balaban J connectivity index is 1.59. The lowest BCUT2D eigenvalue weighted by atomic mass is 10.0. The van der Waals surface area contributed by atoms with Crippen molar-refractivity contribution in [1.82, 2.24) is 9.55 Å². The number of benzene rings is 2. The Morgan fingerprint density at radius 2 is 1.92 bits per heavy atom. The third-order valence-corrected chi connectivity index (χ3v) is 4.41. The third-order valence-electron chi connectivity index (χ3n) is 4.41. The molecule has 0 atom stereocenters. The van der Waals surface area contributed by atoms with Gasteiger partial charge in [0.05, 0.1) is 11.4 Å². The number of carbonyl (C=O) groups is 1. The second-order valence-corrected chi connectivity index (χ2v) is 6.40. The Bertz CT molecular complexity index is 926. The van der Waals surface area contributed by atoms with Gasteiger partial charge in [-0.25, -0.2) is 4.98 Å². The predicted molar refractivity (Wildman–Crippen MR) is 96.4 cm³/mol. The molecule has 0 radical (unpaired) electrons. The Morgan fingerprint density at radius 1 is 1.16 bits per heavy atom. The second-order valence-electron chi connectivity index (χ2n) is 6.40. The first kappa shape index (κ1) is 15.4. The van der Waals surface area contributed by atoms with Gasteiger partial charge in [0, 0.05) is 5.69 Å². The van der Waals surface area contributed by atoms with Crippen molar-refractivity contribution < 1.29 is 9.53 Å². The molecular formula is C20H19N3O2. The van der Waals surface area contributed by atoms with E-state index in [1.165, 1.54) is 5.56 Å². The number of amides is 1. The van der Waals surface area contributed by atoms with Crippen molar-refractivity contribution in [2.45, 2.75) is 26.4 Å². The Kier molecular flexibility index (Phi) is 3.76. The van der Waals surface area contributed by atoms with E-state index in [1.807, 2.05) is 53.1 Å². The van der Waals surface area contributed by atoms with E-state index < -0.39 is 0 Å². The van der Waals surface area contributed by atoms with Gasteiger partial charge in [0.25, 0.3) is 5.91 Å². The molecule has 0 fully saturated rings. The maximum absolute atomic E-state index is 12.6. The fourth-order valence-corrected chi connectivity index (χ4v) is 2.97. The monoisotopic (exact) mass is 333 g/mol. The fourth-order valence-electron chi connectivity index (χ4n) is 2.97. The minimum atomic E-state index is -0.228. The molecule has 2 heterocycles. The van der Waals surface area contributed by atoms with Crippen LogP contribution in [0.25, 0.3) is 5.69 Å². The van der Waals surface area contributed by atoms with Gasteiger partial charge in [-0.05, 0) is 35.7 Å². The van der Waals surface area contributed by atoms with Gasteiger partial charge < -0.3 is 10.1 Å². The lowest BCUT2D eigenvalue weighted by Gasteiger charge is -2.20. The molecule has 1 aromatic heterocycles. The summed E-state index contributed by atoms with van der Waals surface area (Å²) < 4.78 is 7.66. The van der Waals surface area contributed by atoms with Crippen LogP contribution in [0.15, 0.2) is 54.9 Å². The van der Waals surface area contributed by atoms with E-state index in [1.54, 1.807) is 6.33 Å². The van der Waals surface area contributed by atoms with Crippen LogP contribution in [0.4, 0.5) is 5.69 Å². The lowest BCUT2D eigenvalue weighted by molar-refractivity contribution is 0.101. The van der Waals surface area contributed by atoms with Gasteiger partial charge in [-0.15, -0.1) is 0 Å². The van der Waals surface area contributed by atoms with E-state index in [4.69, 9.17) is 4.74 Å². The molecule has 1 N–H and O–H groups in total. The van der Waals surface area contributed by atoms with Crippen molar-refractivity contribution in [3.8, 4) is 11.4 Å². The molecule has 1 aliphatic rings. The van der Waals surface area contributed by atoms with Gasteiger partial charge in [0.2, 0.25) is 0 Å². The average Bonchev–Trinajstić information content (AvgIpc) is 3.07. The van der Waals surface area contributed by atoms with Crippen LogP contribution in [0.2, 0.25) is 0 Å². The average molecular weight is 333 g/mol. The summed E-state index contributed by atoms with van der Waals surface area (Å²) in [6.07, 6.45) is 1.67. The number of imidazole rings is 1. The van der Waals surface area contributed by atoms with Crippen LogP contribution in [-0.2, 0) is 6.61 Å². The molecule has 5 nitrogen and oxygen atoms in total. The highest BCUT2D eigenvalue weighted by molar-refractivity contribution is 6.03. The van der Waals surface area contributed by atoms with Crippen molar-refractivity contribution in [2.75, 3.05) is 5.32 Å². The van der Waals surface area contributed by atoms with E-state index >= 15 is 0 Å². The Morgan fingerprint density at radius 3 is 2.68 bits per heavy atom. The van der Waals surface area contributed by atoms with Crippen LogP contribution in [0.3, 0.4) is 0 Å². The Hall–Kier alpha value is -3.08. The van der Waals surface area contributed by atoms with Gasteiger partial charge in [-0.3, -0.25) is 9.36 Å². The van der Waals surface area contributed by atoms with E-state index in [9.17, 15) is 4.79 Å². The highest BCUT2D eigenvalue weighted by Gasteiger charge is 2.24. The summed E-state index contributed by atoms with van der Waals surface area (Å²) in [7, 11) is 0. The number of rotatable bonds is 3. The van der Waals surface area contributed by atoms with Crippen LogP contribution >= 0.6 is 0 Å². The SMILES string of the molecule is CC(C)c1ccc(NC(=O)c2ncn3c2COc2ccccc2-3)cc1. The first-order valence-corrected chi connectivity index (χ1v) is 8.33. The number of hydrogen-bond donors (Lipinski definition) is 1. The molecule has 5 heteroatoms. The number of nitrogens with one attached hydrogen (secondary N) is 1. The number of anilines is 1. The normalized spacial score (nSPS) is 12.3. The molecule has 1 amide bonds. The lowest BCUT2D eigenvalue weighted by Crippen LogP contribution is -2.19. The molecule has 0 saturated heterocycles. The highest BCUT2D eigenvalue weighted by Crippen LogP contribution is 2.30. The summed E-state index contributed by atoms with van der Waals surface area (Å²) >= 11 is 0. The standard InChI is InChI=1S/C20H19N3O2/c1-13(2)14-7-9-15(10-8-14)22-20(24)19-17-11-25-18-6-4-3-5-16(18)23(17)12-21-19/h3-10,12-13H,11H2,1-2H3,(H,22,24). The maximum Gasteiger partial charge on any atom is 0.276 e. The van der Waals surface area contributed by atoms with Gasteiger partial charge in [0.15, 0.2) is 5.69 Å². The third kappa shape index (κ3) is 2.78. The largest absolute Gasteiger partial charge is 0.485 e. The summed E-state index contributed by atoms with van der Waals surface area (Å²) in [5.41, 5.74) is 4.05. The number of nitrogens with zero attached hydrogens (tertiary/aromatic N) is 2. The van der Waals surface area contributed by atoms with Crippen molar-refractivity contribution in [2.24, 2.45) is 0 Å². The Labute approximate surface area is 146 Å². The van der Waals surface area contributed by atoms with Crippen molar-refractivity contribution in [3.05, 3.63) is 71.8 Å². The van der Waals surface area contributed by atoms with Gasteiger partial charge >= 0.3 is 0 Å². The van der Waals surface area contributed by atoms with Crippen LogP contribution in [0, 0.1) is 0 Å². The zero-order chi connectivity index (χ0) is 17.4. The number of ether oxygens (including phenoxy) is 1. The quantitative estimate of drug-likeness (QED) is 0.784. The highest BCUT2D eigenvalue weighted by atomic mass is 16.5. The first-order chi connectivity index (χ1) is 12.1. The first-order valence-electron chi connectivity index (χ1n) is 8.33. The van der Waals surface area contributed by atoms with Crippen molar-refractivity contribution in [3.63, 3.8) is 0 Å². The molecule has 0 saturated carbocycles. The van der Waals surface area contributed by atoms with Gasteiger partial charge in [0.1, 0.15) is 18.7 Å². The molecule has 0 spiro atoms. The summed E-state index contributed by atoms with van der Waals surface area (Å²) in [5, 5.41) is 2.91. The zero-order valence-electron chi connectivity index (χ0n) is 14.2. The van der Waals surface area contributed by atoms with Gasteiger partial charge in [-0.2, -0.15) is 0 Å². The smallest absolute Gasteiger partial charge is 0.276 e. The molecular weight excluding hydrogens is 314 g/mol. The van der Waals surface area contributed by atoms with E-state index in [0.717, 1.165) is 22.8 Å². The number of hydrogen-bond acceptors (Lipinski definition) is 3. The number of para-hydroxylation sites is 2. The second kappa shape index (κ2) is 6.09. The van der Waals surface area contributed by atoms with Crippen LogP contribution < -0.4 is 10.1 Å². The molecule has 0 bridgehead atoms. The molecule has 0 aliphatic carbocycles.